The van der Waals surface area contributed by atoms with Gasteiger partial charge in [-0.2, -0.15) is 0 Å². The van der Waals surface area contributed by atoms with Gasteiger partial charge in [-0.1, -0.05) is 149 Å². The number of nitrogens with zero attached hydrogens (tertiary/aromatic N) is 2. The van der Waals surface area contributed by atoms with Gasteiger partial charge in [-0.3, -0.25) is 0 Å². The fraction of sp³-hybridized carbons (Fsp3) is 0.207. The molecule has 5 heteroatoms. The normalized spacial score (nSPS) is 18.6. The van der Waals surface area contributed by atoms with Crippen LogP contribution in [0.3, 0.4) is 0 Å². The third-order valence-electron chi connectivity index (χ3n) is 14.0. The second-order valence-electron chi connectivity index (χ2n) is 18.2. The van der Waals surface area contributed by atoms with Gasteiger partial charge in [-0.25, -0.2) is 0 Å². The molecule has 7 aromatic carbocycles. The number of anilines is 4. The molecular formula is C58H53BN2O2. The molecule has 3 atom stereocenters. The molecule has 0 radical (unpaired) electrons. The molecule has 310 valence electrons. The summed E-state index contributed by atoms with van der Waals surface area (Å²) in [5.74, 6) is 4.58. The van der Waals surface area contributed by atoms with Gasteiger partial charge in [-0.05, 0) is 119 Å². The van der Waals surface area contributed by atoms with Crippen LogP contribution in [0.5, 0.6) is 17.2 Å². The van der Waals surface area contributed by atoms with Crippen molar-refractivity contribution in [2.45, 2.75) is 71.3 Å². The highest BCUT2D eigenvalue weighted by atomic mass is 16.5. The molecule has 0 aromatic heterocycles. The van der Waals surface area contributed by atoms with Gasteiger partial charge in [0, 0.05) is 46.1 Å². The monoisotopic (exact) mass is 820 g/mol. The third kappa shape index (κ3) is 6.59. The highest BCUT2D eigenvalue weighted by Crippen LogP contribution is 2.54. The number of benzene rings is 7. The lowest BCUT2D eigenvalue weighted by Crippen LogP contribution is -2.54. The SMILES string of the molecule is CCCCC(C)c1cc2c3c(c1)Oc1cc(N(C4=CCC(C)C=C4)c4ccccc4)c4ccccc4c1B3C1=C(CC(C)(N(c3ccccc3)c3ccccc3)c3ccccc31)O2. The van der Waals surface area contributed by atoms with Crippen molar-refractivity contribution < 1.29 is 9.47 Å². The number of hydrogen-bond donors (Lipinski definition) is 0. The Hall–Kier alpha value is -6.72. The number of para-hydroxylation sites is 3. The van der Waals surface area contributed by atoms with E-state index in [9.17, 15) is 0 Å². The maximum Gasteiger partial charge on any atom is 0.261 e. The van der Waals surface area contributed by atoms with E-state index in [2.05, 4.69) is 213 Å². The van der Waals surface area contributed by atoms with Gasteiger partial charge in [0.1, 0.15) is 23.0 Å². The van der Waals surface area contributed by atoms with Crippen LogP contribution in [-0.2, 0) is 5.54 Å². The second-order valence-corrected chi connectivity index (χ2v) is 18.2. The van der Waals surface area contributed by atoms with Crippen LogP contribution in [0, 0.1) is 5.92 Å². The number of fused-ring (bicyclic) bond motifs is 7. The second kappa shape index (κ2) is 15.9. The van der Waals surface area contributed by atoms with E-state index in [-0.39, 0.29) is 6.71 Å². The van der Waals surface area contributed by atoms with Crippen molar-refractivity contribution in [2.24, 2.45) is 5.92 Å². The van der Waals surface area contributed by atoms with E-state index in [1.54, 1.807) is 0 Å². The van der Waals surface area contributed by atoms with E-state index in [0.29, 0.717) is 18.3 Å². The van der Waals surface area contributed by atoms with Crippen LogP contribution in [0.25, 0.3) is 16.2 Å². The maximum absolute atomic E-state index is 7.44. The van der Waals surface area contributed by atoms with Gasteiger partial charge < -0.3 is 19.3 Å². The molecule has 4 nitrogen and oxygen atoms in total. The summed E-state index contributed by atoms with van der Waals surface area (Å²) in [7, 11) is 0. The Morgan fingerprint density at radius 1 is 0.698 bits per heavy atom. The van der Waals surface area contributed by atoms with E-state index in [4.69, 9.17) is 9.47 Å². The standard InChI is InChI=1S/C58H53BN2O2/c1-5-6-20-40(3)41-35-51-57-52(36-41)63-54-38-58(4,61(44-23-12-8-13-24-44)45-25-14-9-15-26-45)49-30-19-18-29-48(49)56(54)59(57)55-47-28-17-16-27-46(47)50(37-53(55)62-51)60(42-21-10-7-11-22-42)43-33-31-39(2)32-34-43/h7-19,21-31,33-37,39-40H,5-6,20,32,38H2,1-4H3. The highest BCUT2D eigenvalue weighted by Gasteiger charge is 2.50. The number of allylic oxidation sites excluding steroid dienone is 3. The summed E-state index contributed by atoms with van der Waals surface area (Å²) in [5.41, 5.74) is 12.5. The van der Waals surface area contributed by atoms with Crippen LogP contribution >= 0.6 is 0 Å². The summed E-state index contributed by atoms with van der Waals surface area (Å²) in [4.78, 5) is 4.95. The lowest BCUT2D eigenvalue weighted by atomic mass is 9.32. The first-order valence-corrected chi connectivity index (χ1v) is 23.0. The van der Waals surface area contributed by atoms with Crippen LogP contribution in [0.1, 0.15) is 82.4 Å². The third-order valence-corrected chi connectivity index (χ3v) is 14.0. The van der Waals surface area contributed by atoms with E-state index >= 15 is 0 Å². The summed E-state index contributed by atoms with van der Waals surface area (Å²) in [6.45, 7) is 9.19. The van der Waals surface area contributed by atoms with Crippen LogP contribution in [-0.4, -0.2) is 6.71 Å². The Kier molecular flexibility index (Phi) is 9.87. The summed E-state index contributed by atoms with van der Waals surface area (Å²) in [6.07, 6.45) is 12.1. The van der Waals surface area contributed by atoms with Crippen molar-refractivity contribution in [3.05, 3.63) is 204 Å². The van der Waals surface area contributed by atoms with Crippen molar-refractivity contribution in [3.63, 3.8) is 0 Å². The van der Waals surface area contributed by atoms with Crippen LogP contribution in [0.4, 0.5) is 22.7 Å². The molecule has 0 bridgehead atoms. The molecule has 2 heterocycles. The summed E-state index contributed by atoms with van der Waals surface area (Å²) in [5, 5.41) is 2.38. The number of rotatable bonds is 10. The Balaban J connectivity index is 1.17. The van der Waals surface area contributed by atoms with Crippen molar-refractivity contribution in [2.75, 3.05) is 9.80 Å². The lowest BCUT2D eigenvalue weighted by Gasteiger charge is -2.49. The first kappa shape index (κ1) is 39.2. The first-order valence-electron chi connectivity index (χ1n) is 23.0. The van der Waals surface area contributed by atoms with Gasteiger partial charge in [0.2, 0.25) is 0 Å². The Morgan fingerprint density at radius 3 is 1.97 bits per heavy atom. The average Bonchev–Trinajstić information content (AvgIpc) is 3.32. The fourth-order valence-electron chi connectivity index (χ4n) is 10.8. The molecule has 11 rings (SSSR count). The topological polar surface area (TPSA) is 24.9 Å². The lowest BCUT2D eigenvalue weighted by molar-refractivity contribution is 0.342. The van der Waals surface area contributed by atoms with Crippen molar-refractivity contribution in [3.8, 4) is 17.2 Å². The van der Waals surface area contributed by atoms with E-state index in [1.807, 2.05) is 0 Å². The fourth-order valence-corrected chi connectivity index (χ4v) is 10.8. The molecule has 0 spiro atoms. The molecule has 2 aliphatic carbocycles. The first-order chi connectivity index (χ1) is 30.9. The quantitative estimate of drug-likeness (QED) is 0.128. The van der Waals surface area contributed by atoms with E-state index in [1.165, 1.54) is 50.5 Å². The summed E-state index contributed by atoms with van der Waals surface area (Å²) < 4.78 is 14.8. The highest BCUT2D eigenvalue weighted by molar-refractivity contribution is 7.03. The largest absolute Gasteiger partial charge is 0.463 e. The molecule has 2 aliphatic heterocycles. The van der Waals surface area contributed by atoms with E-state index in [0.717, 1.165) is 70.5 Å². The Morgan fingerprint density at radius 2 is 1.30 bits per heavy atom. The smallest absolute Gasteiger partial charge is 0.261 e. The summed E-state index contributed by atoms with van der Waals surface area (Å²) >= 11 is 0. The van der Waals surface area contributed by atoms with Crippen molar-refractivity contribution >= 4 is 56.6 Å². The Labute approximate surface area is 372 Å². The van der Waals surface area contributed by atoms with Gasteiger partial charge in [0.05, 0.1) is 11.2 Å². The average molecular weight is 821 g/mol. The molecule has 4 aliphatic rings. The zero-order chi connectivity index (χ0) is 42.7. The number of hydrogen-bond acceptors (Lipinski definition) is 4. The Bertz CT molecular complexity index is 2920. The van der Waals surface area contributed by atoms with Crippen LogP contribution in [0.15, 0.2) is 187 Å². The number of unbranched alkanes of at least 4 members (excludes halogenated alkanes) is 1. The van der Waals surface area contributed by atoms with Gasteiger partial charge >= 0.3 is 0 Å². The molecular weight excluding hydrogens is 767 g/mol. The van der Waals surface area contributed by atoms with E-state index < -0.39 is 5.54 Å². The van der Waals surface area contributed by atoms with Crippen LogP contribution in [0.2, 0.25) is 0 Å². The minimum atomic E-state index is -0.487. The predicted octanol–water partition coefficient (Wildman–Crippen LogP) is 14.3. The van der Waals surface area contributed by atoms with Crippen LogP contribution < -0.4 is 30.2 Å². The molecule has 7 aromatic rings. The van der Waals surface area contributed by atoms with Gasteiger partial charge in [0.15, 0.2) is 0 Å². The van der Waals surface area contributed by atoms with Crippen molar-refractivity contribution in [1.82, 2.24) is 0 Å². The maximum atomic E-state index is 7.44. The van der Waals surface area contributed by atoms with Gasteiger partial charge in [0.25, 0.3) is 6.71 Å². The number of ether oxygens (including phenoxy) is 2. The van der Waals surface area contributed by atoms with Gasteiger partial charge in [-0.15, -0.1) is 0 Å². The molecule has 0 saturated carbocycles. The molecule has 0 saturated heterocycles. The minimum absolute atomic E-state index is 0.117. The molecule has 0 amide bonds. The summed E-state index contributed by atoms with van der Waals surface area (Å²) in [6, 6.07) is 57.5. The molecule has 63 heavy (non-hydrogen) atoms. The predicted molar refractivity (Wildman–Crippen MR) is 264 cm³/mol. The molecule has 0 N–H and O–H groups in total. The zero-order valence-electron chi connectivity index (χ0n) is 36.7. The van der Waals surface area contributed by atoms with Crippen molar-refractivity contribution in [1.29, 1.82) is 0 Å². The zero-order valence-corrected chi connectivity index (χ0v) is 36.7. The molecule has 3 unspecified atom stereocenters. The molecule has 0 fully saturated rings. The minimum Gasteiger partial charge on any atom is -0.463 e.